The molecular formula is C36H53ClO7. The average molecular weight is 633 g/mol. The molecule has 2 heterocycles. The van der Waals surface area contributed by atoms with Crippen molar-refractivity contribution in [1.29, 1.82) is 0 Å². The van der Waals surface area contributed by atoms with Crippen molar-refractivity contribution in [2.24, 2.45) is 0 Å². The van der Waals surface area contributed by atoms with Gasteiger partial charge in [-0.2, -0.15) is 0 Å². The van der Waals surface area contributed by atoms with Crippen molar-refractivity contribution in [1.82, 2.24) is 0 Å². The van der Waals surface area contributed by atoms with E-state index < -0.39 is 35.3 Å². The van der Waals surface area contributed by atoms with Crippen LogP contribution in [0.5, 0.6) is 5.75 Å². The van der Waals surface area contributed by atoms with Crippen LogP contribution in [0.1, 0.15) is 96.8 Å². The molecule has 7 nitrogen and oxygen atoms in total. The Kier molecular flexibility index (Phi) is 12.6. The van der Waals surface area contributed by atoms with E-state index in [1.165, 1.54) is 0 Å². The van der Waals surface area contributed by atoms with E-state index in [4.69, 9.17) is 40.0 Å². The van der Waals surface area contributed by atoms with E-state index in [1.54, 1.807) is 13.8 Å². The number of rotatable bonds is 18. The number of ether oxygens (including phenoxy) is 6. The van der Waals surface area contributed by atoms with Gasteiger partial charge in [0, 0.05) is 30.4 Å². The summed E-state index contributed by atoms with van der Waals surface area (Å²) < 4.78 is 39.4. The van der Waals surface area contributed by atoms with E-state index in [9.17, 15) is 5.11 Å². The molecule has 2 bridgehead atoms. The summed E-state index contributed by atoms with van der Waals surface area (Å²) in [7, 11) is 0. The lowest BCUT2D eigenvalue weighted by Gasteiger charge is -2.54. The highest BCUT2D eigenvalue weighted by atomic mass is 35.5. The van der Waals surface area contributed by atoms with Crippen LogP contribution in [0.15, 0.2) is 42.5 Å². The molecule has 0 radical (unpaired) electrons. The van der Waals surface area contributed by atoms with Crippen LogP contribution in [0.3, 0.4) is 0 Å². The molecule has 2 aromatic carbocycles. The number of hydrogen-bond acceptors (Lipinski definition) is 7. The van der Waals surface area contributed by atoms with Crippen molar-refractivity contribution in [3.63, 3.8) is 0 Å². The molecule has 0 aromatic heterocycles. The van der Waals surface area contributed by atoms with Crippen molar-refractivity contribution in [2.45, 2.75) is 122 Å². The topological polar surface area (TPSA) is 75.6 Å². The molecule has 0 unspecified atom stereocenters. The summed E-state index contributed by atoms with van der Waals surface area (Å²) in [6, 6.07) is 14.0. The summed E-state index contributed by atoms with van der Waals surface area (Å²) in [5, 5.41) is 12.4. The van der Waals surface area contributed by atoms with Gasteiger partial charge in [0.1, 0.15) is 24.1 Å². The van der Waals surface area contributed by atoms with Gasteiger partial charge in [-0.05, 0) is 81.8 Å². The van der Waals surface area contributed by atoms with Gasteiger partial charge in [-0.15, -0.1) is 0 Å². The average Bonchev–Trinajstić information content (AvgIpc) is 3.37. The first-order chi connectivity index (χ1) is 21.2. The third-order valence-electron chi connectivity index (χ3n) is 8.78. The summed E-state index contributed by atoms with van der Waals surface area (Å²) in [6.07, 6.45) is 4.51. The molecule has 1 N–H and O–H groups in total. The summed E-state index contributed by atoms with van der Waals surface area (Å²) in [5.74, 6) is -0.488. The van der Waals surface area contributed by atoms with Gasteiger partial charge in [-0.25, -0.2) is 0 Å². The summed E-state index contributed by atoms with van der Waals surface area (Å²) in [5.41, 5.74) is 0.342. The minimum absolute atomic E-state index is 0.130. The quantitative estimate of drug-likeness (QED) is 0.170. The van der Waals surface area contributed by atoms with Crippen LogP contribution >= 0.6 is 11.6 Å². The third-order valence-corrected chi connectivity index (χ3v) is 9.15. The molecule has 2 fully saturated rings. The van der Waals surface area contributed by atoms with Gasteiger partial charge in [-0.3, -0.25) is 0 Å². The van der Waals surface area contributed by atoms with Crippen molar-refractivity contribution >= 4 is 11.6 Å². The second kappa shape index (κ2) is 15.7. The van der Waals surface area contributed by atoms with Gasteiger partial charge >= 0.3 is 0 Å². The van der Waals surface area contributed by atoms with Crippen LogP contribution in [-0.2, 0) is 35.9 Å². The normalized spacial score (nSPS) is 26.7. The minimum Gasteiger partial charge on any atom is -0.494 e. The fourth-order valence-corrected chi connectivity index (χ4v) is 6.30. The first-order valence-corrected chi connectivity index (χ1v) is 17.0. The fourth-order valence-electron chi connectivity index (χ4n) is 6.12. The molecule has 2 aliphatic heterocycles. The zero-order chi connectivity index (χ0) is 31.8. The van der Waals surface area contributed by atoms with Crippen LogP contribution in [0.25, 0.3) is 0 Å². The van der Waals surface area contributed by atoms with Gasteiger partial charge in [0.2, 0.25) is 5.79 Å². The lowest BCUT2D eigenvalue weighted by Crippen LogP contribution is -2.72. The van der Waals surface area contributed by atoms with Crippen molar-refractivity contribution < 1.29 is 33.5 Å². The molecule has 246 valence electrons. The fraction of sp³-hybridized carbons (Fsp3) is 0.667. The molecule has 0 aliphatic carbocycles. The van der Waals surface area contributed by atoms with E-state index in [-0.39, 0.29) is 6.61 Å². The lowest BCUT2D eigenvalue weighted by atomic mass is 9.74. The maximum absolute atomic E-state index is 11.7. The third kappa shape index (κ3) is 7.46. The number of hydrogen-bond donors (Lipinski definition) is 1. The minimum atomic E-state index is -1.33. The Morgan fingerprint density at radius 3 is 2.07 bits per heavy atom. The molecule has 0 spiro atoms. The Morgan fingerprint density at radius 2 is 1.48 bits per heavy atom. The lowest BCUT2D eigenvalue weighted by molar-refractivity contribution is -0.365. The summed E-state index contributed by atoms with van der Waals surface area (Å²) in [4.78, 5) is 0. The van der Waals surface area contributed by atoms with Crippen molar-refractivity contribution in [3.8, 4) is 5.75 Å². The Hall–Kier alpha value is -1.71. The van der Waals surface area contributed by atoms with Crippen molar-refractivity contribution in [3.05, 3.63) is 64.2 Å². The monoisotopic (exact) mass is 632 g/mol. The number of fused-ring (bicyclic) bond motifs is 2. The van der Waals surface area contributed by atoms with Gasteiger partial charge in [-0.1, -0.05) is 69.8 Å². The van der Waals surface area contributed by atoms with E-state index >= 15 is 0 Å². The van der Waals surface area contributed by atoms with E-state index in [1.807, 2.05) is 31.2 Å². The molecule has 0 amide bonds. The predicted octanol–water partition coefficient (Wildman–Crippen LogP) is 7.61. The Labute approximate surface area is 269 Å². The number of unbranched alkanes of at least 4 members (excludes halogenated alkanes) is 3. The van der Waals surface area contributed by atoms with Gasteiger partial charge in [0.05, 0.1) is 18.8 Å². The molecule has 44 heavy (non-hydrogen) atoms. The molecule has 5 atom stereocenters. The maximum Gasteiger partial charge on any atom is 0.225 e. The molecule has 4 rings (SSSR count). The van der Waals surface area contributed by atoms with E-state index in [0.717, 1.165) is 61.0 Å². The highest BCUT2D eigenvalue weighted by Crippen LogP contribution is 2.56. The smallest absolute Gasteiger partial charge is 0.225 e. The van der Waals surface area contributed by atoms with Crippen LogP contribution in [-0.4, -0.2) is 67.7 Å². The van der Waals surface area contributed by atoms with Crippen LogP contribution in [0, 0.1) is 0 Å². The highest BCUT2D eigenvalue weighted by molar-refractivity contribution is 6.31. The number of benzene rings is 2. The Morgan fingerprint density at radius 1 is 0.864 bits per heavy atom. The Bertz CT molecular complexity index is 1170. The van der Waals surface area contributed by atoms with Crippen molar-refractivity contribution in [2.75, 3.05) is 33.0 Å². The second-order valence-corrected chi connectivity index (χ2v) is 13.0. The van der Waals surface area contributed by atoms with Crippen LogP contribution in [0.2, 0.25) is 5.02 Å². The van der Waals surface area contributed by atoms with Gasteiger partial charge in [0.25, 0.3) is 0 Å². The maximum atomic E-state index is 11.7. The van der Waals surface area contributed by atoms with Crippen LogP contribution in [0.4, 0.5) is 0 Å². The Balaban J connectivity index is 1.79. The number of halogens is 1. The molecule has 2 aliphatic rings. The second-order valence-electron chi connectivity index (χ2n) is 12.5. The standard InChI is InChI=1S/C36H53ClO7/c1-7-11-20-40-31-32(41-21-12-8-2)35(34(5,6)38)25-43-36(44-35,33(31)42-22-13-9-3)28-16-19-30(37)27(24-28)23-26-14-17-29(18-15-26)39-10-4/h14-19,24,31-33,38H,7-13,20-23,25H2,1-6H3/t31-,32-,33+,35-,36-/m0/s1. The van der Waals surface area contributed by atoms with E-state index in [2.05, 4.69) is 39.0 Å². The van der Waals surface area contributed by atoms with Gasteiger partial charge < -0.3 is 33.5 Å². The molecule has 2 saturated heterocycles. The van der Waals surface area contributed by atoms with Crippen LogP contribution < -0.4 is 4.74 Å². The van der Waals surface area contributed by atoms with E-state index in [0.29, 0.717) is 37.9 Å². The summed E-state index contributed by atoms with van der Waals surface area (Å²) >= 11 is 6.79. The number of aliphatic hydroxyl groups is 1. The molecule has 0 saturated carbocycles. The van der Waals surface area contributed by atoms with Gasteiger partial charge in [0.15, 0.2) is 5.60 Å². The zero-order valence-electron chi connectivity index (χ0n) is 27.5. The summed E-state index contributed by atoms with van der Waals surface area (Å²) in [6.45, 7) is 14.3. The highest BCUT2D eigenvalue weighted by Gasteiger charge is 2.73. The predicted molar refractivity (Wildman–Crippen MR) is 174 cm³/mol. The largest absolute Gasteiger partial charge is 0.494 e. The SMILES string of the molecule is CCCCO[C@@H]1[C@@H](OCCCC)[C@@]2(c3ccc(Cl)c(Cc4ccc(OCC)cc4)c3)OC[C@](C(C)(C)O)(O2)[C@H]1OCCCC. The zero-order valence-corrected chi connectivity index (χ0v) is 28.3. The first-order valence-electron chi connectivity index (χ1n) is 16.6. The molecule has 2 aromatic rings. The molecular weight excluding hydrogens is 580 g/mol. The molecule has 8 heteroatoms. The first kappa shape index (κ1) is 35.1.